The van der Waals surface area contributed by atoms with E-state index >= 15 is 0 Å². The molecule has 0 unspecified atom stereocenters. The highest BCUT2D eigenvalue weighted by molar-refractivity contribution is 5.95. The van der Waals surface area contributed by atoms with Crippen LogP contribution in [0.1, 0.15) is 57.8 Å². The van der Waals surface area contributed by atoms with E-state index in [1.165, 1.54) is 18.3 Å². The van der Waals surface area contributed by atoms with Crippen molar-refractivity contribution in [2.45, 2.75) is 47.5 Å². The number of hydrogen-bond donors (Lipinski definition) is 0. The SMILES string of the molecule is COC(=O)c1ccccc1N=CC(C)(C)C=C=C(C)CCC=C(C)C. The quantitative estimate of drug-likeness (QED) is 0.262. The first-order valence-corrected chi connectivity index (χ1v) is 8.54. The van der Waals surface area contributed by atoms with Crippen LogP contribution in [-0.2, 0) is 4.74 Å². The van der Waals surface area contributed by atoms with Crippen molar-refractivity contribution in [2.75, 3.05) is 7.11 Å². The van der Waals surface area contributed by atoms with Crippen molar-refractivity contribution < 1.29 is 9.53 Å². The maximum atomic E-state index is 11.8. The number of carbonyl (C=O) groups excluding carboxylic acids is 1. The van der Waals surface area contributed by atoms with Crippen LogP contribution < -0.4 is 0 Å². The van der Waals surface area contributed by atoms with Crippen LogP contribution in [0.5, 0.6) is 0 Å². The van der Waals surface area contributed by atoms with Gasteiger partial charge in [-0.25, -0.2) is 4.79 Å². The van der Waals surface area contributed by atoms with E-state index in [4.69, 9.17) is 4.74 Å². The molecule has 0 atom stereocenters. The molecule has 25 heavy (non-hydrogen) atoms. The fourth-order valence-electron chi connectivity index (χ4n) is 2.10. The predicted octanol–water partition coefficient (Wildman–Crippen LogP) is 6.05. The summed E-state index contributed by atoms with van der Waals surface area (Å²) in [5, 5.41) is 0. The Hall–Kier alpha value is -2.38. The number of esters is 1. The molecule has 0 heterocycles. The first-order valence-electron chi connectivity index (χ1n) is 8.54. The molecule has 3 heteroatoms. The van der Waals surface area contributed by atoms with Crippen LogP contribution in [-0.4, -0.2) is 19.3 Å². The first-order chi connectivity index (χ1) is 11.7. The number of hydrogen-bond acceptors (Lipinski definition) is 3. The minimum absolute atomic E-state index is 0.263. The van der Waals surface area contributed by atoms with Gasteiger partial charge in [-0.15, -0.1) is 5.73 Å². The number of carbonyl (C=O) groups is 1. The first kappa shape index (κ1) is 20.7. The van der Waals surface area contributed by atoms with Gasteiger partial charge in [0.2, 0.25) is 0 Å². The fourth-order valence-corrected chi connectivity index (χ4v) is 2.10. The zero-order chi connectivity index (χ0) is 18.9. The van der Waals surface area contributed by atoms with Gasteiger partial charge in [0.15, 0.2) is 0 Å². The Labute approximate surface area is 151 Å². The second-order valence-electron chi connectivity index (χ2n) is 6.98. The lowest BCUT2D eigenvalue weighted by atomic mass is 9.94. The molecule has 134 valence electrons. The van der Waals surface area contributed by atoms with Crippen LogP contribution in [0.2, 0.25) is 0 Å². The van der Waals surface area contributed by atoms with Gasteiger partial charge >= 0.3 is 5.97 Å². The van der Waals surface area contributed by atoms with Gasteiger partial charge in [0.1, 0.15) is 0 Å². The molecule has 1 aromatic carbocycles. The maximum Gasteiger partial charge on any atom is 0.340 e. The van der Waals surface area contributed by atoms with E-state index in [1.54, 1.807) is 12.1 Å². The zero-order valence-electron chi connectivity index (χ0n) is 16.2. The Morgan fingerprint density at radius 2 is 1.92 bits per heavy atom. The largest absolute Gasteiger partial charge is 0.465 e. The Morgan fingerprint density at radius 3 is 2.56 bits per heavy atom. The predicted molar refractivity (Wildman–Crippen MR) is 106 cm³/mol. The summed E-state index contributed by atoms with van der Waals surface area (Å²) in [7, 11) is 1.37. The van der Waals surface area contributed by atoms with Crippen molar-refractivity contribution in [1.82, 2.24) is 0 Å². The van der Waals surface area contributed by atoms with Crippen LogP contribution in [0.4, 0.5) is 5.69 Å². The summed E-state index contributed by atoms with van der Waals surface area (Å²) in [5.41, 5.74) is 6.73. The molecule has 0 aliphatic rings. The number of rotatable bonds is 7. The van der Waals surface area contributed by atoms with Crippen molar-refractivity contribution in [3.8, 4) is 0 Å². The van der Waals surface area contributed by atoms with E-state index in [0.717, 1.165) is 12.8 Å². The number of para-hydroxylation sites is 1. The van der Waals surface area contributed by atoms with Crippen LogP contribution in [0.25, 0.3) is 0 Å². The summed E-state index contributed by atoms with van der Waals surface area (Å²) in [6.45, 7) is 10.4. The third kappa shape index (κ3) is 7.82. The minimum Gasteiger partial charge on any atom is -0.465 e. The molecule has 0 amide bonds. The summed E-state index contributed by atoms with van der Waals surface area (Å²) in [4.78, 5) is 16.3. The Kier molecular flexibility index (Phi) is 8.10. The summed E-state index contributed by atoms with van der Waals surface area (Å²) in [6.07, 6.45) is 8.14. The number of benzene rings is 1. The molecule has 0 saturated heterocycles. The molecule has 0 fully saturated rings. The highest BCUT2D eigenvalue weighted by Crippen LogP contribution is 2.22. The maximum absolute atomic E-state index is 11.8. The molecule has 0 aliphatic heterocycles. The number of allylic oxidation sites excluding steroid dienone is 3. The number of nitrogens with zero attached hydrogens (tertiary/aromatic N) is 1. The molecule has 0 aliphatic carbocycles. The van der Waals surface area contributed by atoms with Gasteiger partial charge in [-0.05, 0) is 57.4 Å². The average Bonchev–Trinajstić information content (AvgIpc) is 2.57. The third-order valence-electron chi connectivity index (χ3n) is 3.61. The molecule has 3 nitrogen and oxygen atoms in total. The number of ether oxygens (including phenoxy) is 1. The molecule has 0 spiro atoms. The zero-order valence-corrected chi connectivity index (χ0v) is 16.2. The highest BCUT2D eigenvalue weighted by atomic mass is 16.5. The number of aliphatic imine (C=N–C) groups is 1. The Bertz CT molecular complexity index is 713. The summed E-state index contributed by atoms with van der Waals surface area (Å²) >= 11 is 0. The van der Waals surface area contributed by atoms with Gasteiger partial charge in [-0.3, -0.25) is 4.99 Å². The summed E-state index contributed by atoms with van der Waals surface area (Å²) in [5.74, 6) is -0.379. The minimum atomic E-state index is -0.379. The van der Waals surface area contributed by atoms with Gasteiger partial charge in [0.25, 0.3) is 0 Å². The van der Waals surface area contributed by atoms with Crippen LogP contribution in [0.15, 0.2) is 58.3 Å². The lowest BCUT2D eigenvalue weighted by molar-refractivity contribution is 0.0601. The van der Waals surface area contributed by atoms with E-state index in [-0.39, 0.29) is 11.4 Å². The number of methoxy groups -OCH3 is 1. The van der Waals surface area contributed by atoms with Gasteiger partial charge in [0, 0.05) is 11.6 Å². The van der Waals surface area contributed by atoms with E-state index in [2.05, 4.69) is 51.4 Å². The lowest BCUT2D eigenvalue weighted by Gasteiger charge is -2.12. The standard InChI is InChI=1S/C22H29NO2/c1-17(2)10-9-11-18(3)14-15-22(4,5)16-23-20-13-8-7-12-19(20)21(24)25-6/h7-8,10,12-13,15-16H,9,11H2,1-6H3. The lowest BCUT2D eigenvalue weighted by Crippen LogP contribution is -2.08. The summed E-state index contributed by atoms with van der Waals surface area (Å²) < 4.78 is 4.80. The van der Waals surface area contributed by atoms with Gasteiger partial charge < -0.3 is 4.74 Å². The molecule has 0 radical (unpaired) electrons. The highest BCUT2D eigenvalue weighted by Gasteiger charge is 2.13. The Balaban J connectivity index is 2.90. The van der Waals surface area contributed by atoms with Crippen molar-refractivity contribution >= 4 is 17.9 Å². The van der Waals surface area contributed by atoms with E-state index in [1.807, 2.05) is 24.4 Å². The molecular weight excluding hydrogens is 310 g/mol. The normalized spacial score (nSPS) is 11.0. The average molecular weight is 339 g/mol. The van der Waals surface area contributed by atoms with Crippen LogP contribution >= 0.6 is 0 Å². The van der Waals surface area contributed by atoms with Gasteiger partial charge in [0.05, 0.1) is 18.4 Å². The smallest absolute Gasteiger partial charge is 0.340 e. The van der Waals surface area contributed by atoms with E-state index in [9.17, 15) is 4.79 Å². The van der Waals surface area contributed by atoms with Crippen LogP contribution in [0.3, 0.4) is 0 Å². The van der Waals surface area contributed by atoms with Crippen molar-refractivity contribution in [3.05, 3.63) is 58.9 Å². The van der Waals surface area contributed by atoms with E-state index < -0.39 is 0 Å². The van der Waals surface area contributed by atoms with Gasteiger partial charge in [-0.1, -0.05) is 37.6 Å². The second-order valence-corrected chi connectivity index (χ2v) is 6.98. The molecule has 1 aromatic rings. The van der Waals surface area contributed by atoms with Crippen molar-refractivity contribution in [3.63, 3.8) is 0 Å². The summed E-state index contributed by atoms with van der Waals surface area (Å²) in [6, 6.07) is 7.18. The Morgan fingerprint density at radius 1 is 1.24 bits per heavy atom. The molecule has 0 aromatic heterocycles. The molecule has 1 rings (SSSR count). The molecular formula is C22H29NO2. The monoisotopic (exact) mass is 339 g/mol. The molecule has 0 bridgehead atoms. The fraction of sp³-hybridized carbons (Fsp3) is 0.409. The molecule has 0 N–H and O–H groups in total. The van der Waals surface area contributed by atoms with Crippen LogP contribution in [0, 0.1) is 5.41 Å². The topological polar surface area (TPSA) is 38.7 Å². The van der Waals surface area contributed by atoms with Crippen molar-refractivity contribution in [2.24, 2.45) is 10.4 Å². The molecule has 0 saturated carbocycles. The van der Waals surface area contributed by atoms with Crippen molar-refractivity contribution in [1.29, 1.82) is 0 Å². The second kappa shape index (κ2) is 9.80. The third-order valence-corrected chi connectivity index (χ3v) is 3.61. The van der Waals surface area contributed by atoms with Gasteiger partial charge in [-0.2, -0.15) is 0 Å². The van der Waals surface area contributed by atoms with E-state index in [0.29, 0.717) is 11.3 Å².